The number of anilines is 2. The molecule has 2 fully saturated rings. The van der Waals surface area contributed by atoms with Gasteiger partial charge in [0.1, 0.15) is 6.33 Å². The van der Waals surface area contributed by atoms with Gasteiger partial charge in [0.25, 0.3) is 0 Å². The van der Waals surface area contributed by atoms with Crippen LogP contribution in [0.1, 0.15) is 6.42 Å². The summed E-state index contributed by atoms with van der Waals surface area (Å²) in [6, 6.07) is 9.97. The van der Waals surface area contributed by atoms with E-state index in [0.29, 0.717) is 12.3 Å². The number of rotatable bonds is 4. The molecule has 1 N–H and O–H groups in total. The third-order valence-electron chi connectivity index (χ3n) is 4.86. The number of hydrogen-bond donors (Lipinski definition) is 1. The van der Waals surface area contributed by atoms with Gasteiger partial charge in [0.2, 0.25) is 11.9 Å². The number of aromatic nitrogens is 3. The summed E-state index contributed by atoms with van der Waals surface area (Å²) in [6.45, 7) is 5.69. The molecule has 2 aliphatic rings. The number of amides is 1. The van der Waals surface area contributed by atoms with Gasteiger partial charge in [-0.1, -0.05) is 18.2 Å². The van der Waals surface area contributed by atoms with Gasteiger partial charge in [0.15, 0.2) is 0 Å². The normalized spacial score (nSPS) is 22.3. The average molecular weight is 326 g/mol. The first-order chi connectivity index (χ1) is 11.8. The van der Waals surface area contributed by atoms with E-state index in [1.54, 1.807) is 6.33 Å². The molecule has 0 bridgehead atoms. The fourth-order valence-electron chi connectivity index (χ4n) is 3.62. The highest BCUT2D eigenvalue weighted by Crippen LogP contribution is 2.25. The van der Waals surface area contributed by atoms with E-state index in [2.05, 4.69) is 25.0 Å². The molecule has 0 aliphatic carbocycles. The lowest BCUT2D eigenvalue weighted by Gasteiger charge is -2.35. The number of carbonyl (C=O) groups excluding carboxylic acids is 1. The minimum absolute atomic E-state index is 0.242. The Hall–Kier alpha value is -2.41. The number of H-pyrrole nitrogens is 1. The Morgan fingerprint density at radius 3 is 2.62 bits per heavy atom. The van der Waals surface area contributed by atoms with Gasteiger partial charge < -0.3 is 9.80 Å². The maximum absolute atomic E-state index is 12.3. The van der Waals surface area contributed by atoms with Crippen molar-refractivity contribution in [3.05, 3.63) is 36.7 Å². The summed E-state index contributed by atoms with van der Waals surface area (Å²) < 4.78 is 0. The molecule has 1 aromatic heterocycles. The largest absolute Gasteiger partial charge is 0.339 e. The highest BCUT2D eigenvalue weighted by atomic mass is 16.2. The fraction of sp³-hybridized carbons (Fsp3) is 0.471. The highest BCUT2D eigenvalue weighted by molar-refractivity contribution is 5.95. The van der Waals surface area contributed by atoms with Crippen molar-refractivity contribution in [3.63, 3.8) is 0 Å². The number of carbonyl (C=O) groups is 1. The molecule has 1 atom stereocenters. The van der Waals surface area contributed by atoms with E-state index in [-0.39, 0.29) is 5.91 Å². The van der Waals surface area contributed by atoms with Crippen molar-refractivity contribution in [1.29, 1.82) is 0 Å². The number of para-hydroxylation sites is 1. The Labute approximate surface area is 141 Å². The van der Waals surface area contributed by atoms with Gasteiger partial charge in [0.05, 0.1) is 0 Å². The number of nitrogens with zero attached hydrogens (tertiary/aromatic N) is 5. The molecule has 1 amide bonds. The number of benzene rings is 1. The molecular weight excluding hydrogens is 304 g/mol. The van der Waals surface area contributed by atoms with Crippen molar-refractivity contribution < 1.29 is 4.79 Å². The molecule has 1 unspecified atom stereocenters. The quantitative estimate of drug-likeness (QED) is 0.907. The number of aromatic amines is 1. The monoisotopic (exact) mass is 326 g/mol. The first-order valence-electron chi connectivity index (χ1n) is 8.47. The van der Waals surface area contributed by atoms with Gasteiger partial charge >= 0.3 is 0 Å². The van der Waals surface area contributed by atoms with E-state index in [1.807, 2.05) is 35.2 Å². The van der Waals surface area contributed by atoms with Crippen LogP contribution in [0, 0.1) is 5.92 Å². The predicted molar refractivity (Wildman–Crippen MR) is 91.9 cm³/mol. The van der Waals surface area contributed by atoms with Crippen LogP contribution in [-0.2, 0) is 4.79 Å². The first kappa shape index (κ1) is 15.1. The third kappa shape index (κ3) is 3.12. The number of nitrogens with one attached hydrogen (secondary N) is 1. The lowest BCUT2D eigenvalue weighted by Crippen LogP contribution is -2.48. The lowest BCUT2D eigenvalue weighted by atomic mass is 10.1. The zero-order chi connectivity index (χ0) is 16.4. The Balaban J connectivity index is 1.30. The first-order valence-corrected chi connectivity index (χ1v) is 8.47. The Kier molecular flexibility index (Phi) is 4.17. The van der Waals surface area contributed by atoms with Crippen molar-refractivity contribution in [2.45, 2.75) is 6.42 Å². The summed E-state index contributed by atoms with van der Waals surface area (Å²) >= 11 is 0. The third-order valence-corrected chi connectivity index (χ3v) is 4.86. The average Bonchev–Trinajstić information content (AvgIpc) is 3.26. The molecule has 4 rings (SSSR count). The molecule has 126 valence electrons. The zero-order valence-corrected chi connectivity index (χ0v) is 13.6. The topological polar surface area (TPSA) is 68.4 Å². The van der Waals surface area contributed by atoms with Crippen LogP contribution in [0.4, 0.5) is 11.6 Å². The predicted octanol–water partition coefficient (Wildman–Crippen LogP) is 0.980. The standard InChI is InChI=1S/C17H22N6O/c24-16-10-14(12-23(16)15-4-2-1-3-5-15)11-21-6-8-22(9-7-21)17-18-13-19-20-17/h1-5,13-14H,6-12H2,(H,18,19,20). The van der Waals surface area contributed by atoms with Crippen LogP contribution in [0.5, 0.6) is 0 Å². The zero-order valence-electron chi connectivity index (χ0n) is 13.6. The van der Waals surface area contributed by atoms with Crippen LogP contribution in [-0.4, -0.2) is 65.3 Å². The fourth-order valence-corrected chi connectivity index (χ4v) is 3.62. The minimum Gasteiger partial charge on any atom is -0.339 e. The van der Waals surface area contributed by atoms with Crippen LogP contribution in [0.2, 0.25) is 0 Å². The van der Waals surface area contributed by atoms with Gasteiger partial charge in [-0.3, -0.25) is 9.69 Å². The molecule has 7 heteroatoms. The molecule has 0 saturated carbocycles. The SMILES string of the molecule is O=C1CC(CN2CCN(c3ncn[nH]3)CC2)CN1c1ccccc1. The van der Waals surface area contributed by atoms with Crippen LogP contribution >= 0.6 is 0 Å². The Bertz CT molecular complexity index is 666. The summed E-state index contributed by atoms with van der Waals surface area (Å²) in [5.74, 6) is 1.50. The van der Waals surface area contributed by atoms with Crippen LogP contribution in [0.15, 0.2) is 36.7 Å². The van der Waals surface area contributed by atoms with Crippen molar-refractivity contribution in [2.24, 2.45) is 5.92 Å². The van der Waals surface area contributed by atoms with Gasteiger partial charge in [0, 0.05) is 51.4 Å². The van der Waals surface area contributed by atoms with Crippen LogP contribution < -0.4 is 9.80 Å². The Morgan fingerprint density at radius 2 is 1.92 bits per heavy atom. The summed E-state index contributed by atoms with van der Waals surface area (Å²) in [7, 11) is 0. The molecule has 2 saturated heterocycles. The van der Waals surface area contributed by atoms with Crippen molar-refractivity contribution in [2.75, 3.05) is 49.1 Å². The van der Waals surface area contributed by atoms with Gasteiger partial charge in [-0.2, -0.15) is 10.1 Å². The molecule has 1 aromatic carbocycles. The molecule has 0 radical (unpaired) electrons. The lowest BCUT2D eigenvalue weighted by molar-refractivity contribution is -0.117. The second-order valence-electron chi connectivity index (χ2n) is 6.51. The van der Waals surface area contributed by atoms with E-state index < -0.39 is 0 Å². The summed E-state index contributed by atoms with van der Waals surface area (Å²) in [5.41, 5.74) is 1.01. The second-order valence-corrected chi connectivity index (χ2v) is 6.51. The van der Waals surface area contributed by atoms with E-state index in [9.17, 15) is 4.79 Å². The van der Waals surface area contributed by atoms with Crippen LogP contribution in [0.25, 0.3) is 0 Å². The van der Waals surface area contributed by atoms with Crippen LogP contribution in [0.3, 0.4) is 0 Å². The number of piperazine rings is 1. The van der Waals surface area contributed by atoms with E-state index in [0.717, 1.165) is 50.9 Å². The molecule has 24 heavy (non-hydrogen) atoms. The molecule has 3 heterocycles. The van der Waals surface area contributed by atoms with E-state index in [4.69, 9.17) is 0 Å². The molecular formula is C17H22N6O. The summed E-state index contributed by atoms with van der Waals surface area (Å²) in [4.78, 5) is 23.1. The highest BCUT2D eigenvalue weighted by Gasteiger charge is 2.32. The molecule has 2 aromatic rings. The van der Waals surface area contributed by atoms with Crippen molar-refractivity contribution in [1.82, 2.24) is 20.1 Å². The summed E-state index contributed by atoms with van der Waals surface area (Å²) in [6.07, 6.45) is 2.20. The Morgan fingerprint density at radius 1 is 1.12 bits per heavy atom. The molecule has 0 spiro atoms. The minimum atomic E-state index is 0.242. The van der Waals surface area contributed by atoms with Gasteiger partial charge in [-0.05, 0) is 18.1 Å². The summed E-state index contributed by atoms with van der Waals surface area (Å²) in [5, 5.41) is 6.83. The maximum Gasteiger partial charge on any atom is 0.227 e. The number of hydrogen-bond acceptors (Lipinski definition) is 5. The van der Waals surface area contributed by atoms with E-state index in [1.165, 1.54) is 0 Å². The van der Waals surface area contributed by atoms with Crippen molar-refractivity contribution in [3.8, 4) is 0 Å². The van der Waals surface area contributed by atoms with E-state index >= 15 is 0 Å². The van der Waals surface area contributed by atoms with Gasteiger partial charge in [-0.25, -0.2) is 5.10 Å². The molecule has 2 aliphatic heterocycles. The smallest absolute Gasteiger partial charge is 0.227 e. The second kappa shape index (κ2) is 6.60. The van der Waals surface area contributed by atoms with Gasteiger partial charge in [-0.15, -0.1) is 0 Å². The molecule has 7 nitrogen and oxygen atoms in total. The van der Waals surface area contributed by atoms with Crippen molar-refractivity contribution >= 4 is 17.5 Å². The maximum atomic E-state index is 12.3.